The van der Waals surface area contributed by atoms with Crippen LogP contribution in [0.25, 0.3) is 0 Å². The molecule has 1 aromatic carbocycles. The Balaban J connectivity index is 2.24. The molecule has 92 valence electrons. The predicted octanol–water partition coefficient (Wildman–Crippen LogP) is 2.27. The lowest BCUT2D eigenvalue weighted by molar-refractivity contribution is 0.102. The lowest BCUT2D eigenvalue weighted by Gasteiger charge is -2.08. The van der Waals surface area contributed by atoms with E-state index in [4.69, 9.17) is 17.3 Å². The summed E-state index contributed by atoms with van der Waals surface area (Å²) in [5, 5.41) is 3.30. The summed E-state index contributed by atoms with van der Waals surface area (Å²) < 4.78 is 0. The molecule has 5 nitrogen and oxygen atoms in total. The van der Waals surface area contributed by atoms with Crippen LogP contribution < -0.4 is 11.1 Å². The molecule has 0 saturated carbocycles. The molecule has 0 aliphatic carbocycles. The van der Waals surface area contributed by atoms with Crippen LogP contribution in [0, 0.1) is 6.92 Å². The first-order valence-corrected chi connectivity index (χ1v) is 5.59. The van der Waals surface area contributed by atoms with Crippen LogP contribution in [0.5, 0.6) is 0 Å². The molecule has 0 radical (unpaired) electrons. The molecule has 0 atom stereocenters. The Morgan fingerprint density at radius 3 is 2.89 bits per heavy atom. The molecule has 2 rings (SSSR count). The van der Waals surface area contributed by atoms with Crippen LogP contribution in [0.2, 0.25) is 5.02 Å². The van der Waals surface area contributed by atoms with Crippen molar-refractivity contribution in [2.45, 2.75) is 6.92 Å². The number of carbonyl (C=O) groups excluding carboxylic acids is 1. The molecule has 2 aromatic rings. The van der Waals surface area contributed by atoms with Crippen molar-refractivity contribution in [2.24, 2.45) is 0 Å². The summed E-state index contributed by atoms with van der Waals surface area (Å²) in [4.78, 5) is 19.6. The Morgan fingerprint density at radius 2 is 2.17 bits per heavy atom. The van der Waals surface area contributed by atoms with Gasteiger partial charge in [-0.15, -0.1) is 0 Å². The van der Waals surface area contributed by atoms with Gasteiger partial charge in [0.25, 0.3) is 5.91 Å². The molecule has 0 saturated heterocycles. The number of nitrogens with zero attached hydrogens (tertiary/aromatic N) is 2. The predicted molar refractivity (Wildman–Crippen MR) is 70.6 cm³/mol. The molecular formula is C12H11ClN4O. The molecule has 0 spiro atoms. The molecule has 0 unspecified atom stereocenters. The molecule has 0 fully saturated rings. The summed E-state index contributed by atoms with van der Waals surface area (Å²) in [5.41, 5.74) is 7.06. The number of anilines is 2. The number of hydrogen-bond donors (Lipinski definition) is 2. The summed E-state index contributed by atoms with van der Waals surface area (Å²) in [7, 11) is 0. The highest BCUT2D eigenvalue weighted by atomic mass is 35.5. The minimum Gasteiger partial charge on any atom is -0.382 e. The zero-order valence-electron chi connectivity index (χ0n) is 9.64. The summed E-state index contributed by atoms with van der Waals surface area (Å²) in [6.45, 7) is 1.82. The average Bonchev–Trinajstić information content (AvgIpc) is 2.35. The molecule has 1 aromatic heterocycles. The minimum absolute atomic E-state index is 0.161. The maximum atomic E-state index is 11.9. The lowest BCUT2D eigenvalue weighted by Crippen LogP contribution is -2.15. The Hall–Kier alpha value is -2.14. The summed E-state index contributed by atoms with van der Waals surface area (Å²) in [5.74, 6) is -0.175. The fraction of sp³-hybridized carbons (Fsp3) is 0.0833. The Kier molecular flexibility index (Phi) is 3.43. The van der Waals surface area contributed by atoms with E-state index in [1.165, 1.54) is 12.4 Å². The second kappa shape index (κ2) is 5.01. The van der Waals surface area contributed by atoms with Gasteiger partial charge in [-0.05, 0) is 24.6 Å². The van der Waals surface area contributed by atoms with Crippen LogP contribution in [-0.4, -0.2) is 15.9 Å². The van der Waals surface area contributed by atoms with E-state index in [0.717, 1.165) is 5.56 Å². The van der Waals surface area contributed by atoms with E-state index >= 15 is 0 Å². The van der Waals surface area contributed by atoms with Gasteiger partial charge < -0.3 is 11.1 Å². The second-order valence-electron chi connectivity index (χ2n) is 3.70. The highest BCUT2D eigenvalue weighted by Crippen LogP contribution is 2.23. The van der Waals surface area contributed by atoms with Crippen LogP contribution in [0.1, 0.15) is 16.1 Å². The zero-order valence-corrected chi connectivity index (χ0v) is 10.4. The van der Waals surface area contributed by atoms with E-state index in [2.05, 4.69) is 15.3 Å². The molecule has 0 aliphatic rings. The van der Waals surface area contributed by atoms with Crippen molar-refractivity contribution < 1.29 is 4.79 Å². The van der Waals surface area contributed by atoms with Crippen LogP contribution in [-0.2, 0) is 0 Å². The molecule has 0 bridgehead atoms. The first kappa shape index (κ1) is 12.3. The van der Waals surface area contributed by atoms with Crippen molar-refractivity contribution in [2.75, 3.05) is 11.1 Å². The van der Waals surface area contributed by atoms with Gasteiger partial charge in [0.1, 0.15) is 11.5 Å². The number of amides is 1. The Labute approximate surface area is 109 Å². The first-order valence-electron chi connectivity index (χ1n) is 5.22. The van der Waals surface area contributed by atoms with Crippen LogP contribution >= 0.6 is 11.6 Å². The van der Waals surface area contributed by atoms with E-state index in [1.54, 1.807) is 18.2 Å². The summed E-state index contributed by atoms with van der Waals surface area (Å²) >= 11 is 5.97. The van der Waals surface area contributed by atoms with Gasteiger partial charge in [-0.3, -0.25) is 9.78 Å². The number of rotatable bonds is 2. The molecule has 18 heavy (non-hydrogen) atoms. The number of hydrogen-bond acceptors (Lipinski definition) is 4. The topological polar surface area (TPSA) is 80.9 Å². The highest BCUT2D eigenvalue weighted by Gasteiger charge is 2.10. The number of halogens is 1. The van der Waals surface area contributed by atoms with Gasteiger partial charge in [-0.25, -0.2) is 4.98 Å². The smallest absolute Gasteiger partial charge is 0.275 e. The summed E-state index contributed by atoms with van der Waals surface area (Å²) in [6.07, 6.45) is 2.73. The van der Waals surface area contributed by atoms with E-state index in [1.807, 2.05) is 6.92 Å². The molecule has 1 amide bonds. The van der Waals surface area contributed by atoms with Crippen molar-refractivity contribution in [3.63, 3.8) is 0 Å². The normalized spacial score (nSPS) is 10.1. The highest BCUT2D eigenvalue weighted by molar-refractivity contribution is 6.31. The van der Waals surface area contributed by atoms with Crippen LogP contribution in [0.3, 0.4) is 0 Å². The van der Waals surface area contributed by atoms with Gasteiger partial charge in [-0.2, -0.15) is 0 Å². The van der Waals surface area contributed by atoms with Crippen molar-refractivity contribution >= 4 is 29.0 Å². The number of nitrogens with one attached hydrogen (secondary N) is 1. The average molecular weight is 263 g/mol. The van der Waals surface area contributed by atoms with E-state index in [-0.39, 0.29) is 17.4 Å². The van der Waals surface area contributed by atoms with Gasteiger partial charge in [-0.1, -0.05) is 17.7 Å². The molecular weight excluding hydrogens is 252 g/mol. The number of nitrogens with two attached hydrogens (primary N) is 1. The standard InChI is InChI=1S/C12H11ClN4O/c1-7-8(13)3-2-4-9(7)17-12(18)10-5-15-6-11(14)16-10/h2-6H,1H3,(H2,14,16)(H,17,18). The third-order valence-electron chi connectivity index (χ3n) is 2.40. The van der Waals surface area contributed by atoms with E-state index < -0.39 is 0 Å². The monoisotopic (exact) mass is 262 g/mol. The third kappa shape index (κ3) is 2.57. The fourth-order valence-corrected chi connectivity index (χ4v) is 1.59. The van der Waals surface area contributed by atoms with Gasteiger partial charge in [0.15, 0.2) is 0 Å². The maximum Gasteiger partial charge on any atom is 0.275 e. The largest absolute Gasteiger partial charge is 0.382 e. The first-order chi connectivity index (χ1) is 8.58. The van der Waals surface area contributed by atoms with E-state index in [0.29, 0.717) is 10.7 Å². The summed E-state index contributed by atoms with van der Waals surface area (Å²) in [6, 6.07) is 5.28. The molecule has 1 heterocycles. The van der Waals surface area contributed by atoms with Crippen LogP contribution in [0.15, 0.2) is 30.6 Å². The van der Waals surface area contributed by atoms with Crippen molar-refractivity contribution in [1.82, 2.24) is 9.97 Å². The molecule has 3 N–H and O–H groups in total. The number of nitrogen functional groups attached to an aromatic ring is 1. The third-order valence-corrected chi connectivity index (χ3v) is 2.81. The van der Waals surface area contributed by atoms with Gasteiger partial charge >= 0.3 is 0 Å². The van der Waals surface area contributed by atoms with Crippen molar-refractivity contribution in [1.29, 1.82) is 0 Å². The number of benzene rings is 1. The van der Waals surface area contributed by atoms with E-state index in [9.17, 15) is 4.79 Å². The van der Waals surface area contributed by atoms with Gasteiger partial charge in [0.2, 0.25) is 0 Å². The number of carbonyl (C=O) groups is 1. The Morgan fingerprint density at radius 1 is 1.39 bits per heavy atom. The number of aromatic nitrogens is 2. The molecule has 6 heteroatoms. The van der Waals surface area contributed by atoms with Gasteiger partial charge in [0, 0.05) is 10.7 Å². The SMILES string of the molecule is Cc1c(Cl)cccc1NC(=O)c1cncc(N)n1. The second-order valence-corrected chi connectivity index (χ2v) is 4.10. The maximum absolute atomic E-state index is 11.9. The van der Waals surface area contributed by atoms with Crippen molar-refractivity contribution in [3.8, 4) is 0 Å². The lowest BCUT2D eigenvalue weighted by atomic mass is 10.2. The zero-order chi connectivity index (χ0) is 13.1. The van der Waals surface area contributed by atoms with Crippen molar-refractivity contribution in [3.05, 3.63) is 46.9 Å². The quantitative estimate of drug-likeness (QED) is 0.870. The molecule has 0 aliphatic heterocycles. The minimum atomic E-state index is -0.375. The van der Waals surface area contributed by atoms with Crippen LogP contribution in [0.4, 0.5) is 11.5 Å². The fourth-order valence-electron chi connectivity index (χ4n) is 1.42. The van der Waals surface area contributed by atoms with Gasteiger partial charge in [0.05, 0.1) is 12.4 Å². The Bertz CT molecular complexity index is 600.